The zero-order chi connectivity index (χ0) is 37.3. The second-order valence-electron chi connectivity index (χ2n) is 14.5. The van der Waals surface area contributed by atoms with Gasteiger partial charge < -0.3 is 0 Å². The summed E-state index contributed by atoms with van der Waals surface area (Å²) in [6.07, 6.45) is 11.7. The molecule has 0 amide bonds. The lowest BCUT2D eigenvalue weighted by atomic mass is 9.83. The van der Waals surface area contributed by atoms with Crippen LogP contribution < -0.4 is 0 Å². The van der Waals surface area contributed by atoms with Gasteiger partial charge in [-0.25, -0.2) is 15.0 Å². The third-order valence-corrected chi connectivity index (χ3v) is 10.9. The topological polar surface area (TPSA) is 51.0 Å². The molecule has 266 valence electrons. The summed E-state index contributed by atoms with van der Waals surface area (Å²) in [5, 5.41) is 1.09. The quantitative estimate of drug-likeness (QED) is 0.172. The van der Waals surface area contributed by atoms with Gasteiger partial charge in [0, 0.05) is 44.8 Å². The van der Waals surface area contributed by atoms with Crippen LogP contribution in [0, 0.1) is 5.92 Å². The maximum absolute atomic E-state index is 5.34. The summed E-state index contributed by atoms with van der Waals surface area (Å²) in [5.41, 5.74) is 15.7. The van der Waals surface area contributed by atoms with E-state index >= 15 is 0 Å². The van der Waals surface area contributed by atoms with Gasteiger partial charge in [-0.05, 0) is 77.9 Å². The summed E-state index contributed by atoms with van der Waals surface area (Å²) in [6.45, 7) is 0. The fraction of sp³-hybridized carbons (Fsp3) is 0.0769. The van der Waals surface area contributed by atoms with Crippen molar-refractivity contribution in [3.8, 4) is 67.4 Å². The summed E-state index contributed by atoms with van der Waals surface area (Å²) < 4.78 is 0. The van der Waals surface area contributed by atoms with E-state index in [1.165, 1.54) is 16.7 Å². The molecule has 56 heavy (non-hydrogen) atoms. The Morgan fingerprint density at radius 1 is 0.464 bits per heavy atom. The van der Waals surface area contributed by atoms with Crippen molar-refractivity contribution in [3.63, 3.8) is 0 Å². The Morgan fingerprint density at radius 2 is 1.04 bits per heavy atom. The van der Waals surface area contributed by atoms with Crippen molar-refractivity contribution in [3.05, 3.63) is 194 Å². The van der Waals surface area contributed by atoms with Crippen LogP contribution in [-0.2, 0) is 6.42 Å². The molecule has 0 spiro atoms. The number of allylic oxidation sites excluding steroid dienone is 4. The Balaban J connectivity index is 1.13. The molecule has 1 atom stereocenters. The fourth-order valence-corrected chi connectivity index (χ4v) is 8.07. The van der Waals surface area contributed by atoms with E-state index in [4.69, 9.17) is 19.9 Å². The molecule has 0 unspecified atom stereocenters. The fourth-order valence-electron chi connectivity index (χ4n) is 8.07. The molecule has 0 radical (unpaired) electrons. The molecule has 1 aliphatic heterocycles. The van der Waals surface area contributed by atoms with Crippen molar-refractivity contribution >= 4 is 22.3 Å². The first kappa shape index (κ1) is 33.5. The highest BCUT2D eigenvalue weighted by Gasteiger charge is 2.27. The van der Waals surface area contributed by atoms with Crippen LogP contribution >= 0.6 is 0 Å². The summed E-state index contributed by atoms with van der Waals surface area (Å²) >= 11 is 0. The minimum atomic E-state index is 0.342. The lowest BCUT2D eigenvalue weighted by molar-refractivity contribution is 0.624. The summed E-state index contributed by atoms with van der Waals surface area (Å²) in [7, 11) is 0. The zero-order valence-electron chi connectivity index (χ0n) is 30.9. The molecule has 4 heteroatoms. The van der Waals surface area contributed by atoms with E-state index in [0.717, 1.165) is 92.0 Å². The number of pyridine rings is 1. The first-order valence-electron chi connectivity index (χ1n) is 19.4. The van der Waals surface area contributed by atoms with E-state index in [2.05, 4.69) is 188 Å². The Kier molecular flexibility index (Phi) is 8.77. The minimum absolute atomic E-state index is 0.342. The number of fused-ring (bicyclic) bond motifs is 4. The van der Waals surface area contributed by atoms with Gasteiger partial charge in [0.2, 0.25) is 0 Å². The van der Waals surface area contributed by atoms with Crippen LogP contribution in [0.25, 0.3) is 78.3 Å². The van der Waals surface area contributed by atoms with Crippen LogP contribution in [0.15, 0.2) is 193 Å². The monoisotopic (exact) mass is 718 g/mol. The molecule has 0 fully saturated rings. The van der Waals surface area contributed by atoms with Crippen molar-refractivity contribution < 1.29 is 0 Å². The van der Waals surface area contributed by atoms with E-state index in [0.29, 0.717) is 11.7 Å². The molecular weight excluding hydrogens is 681 g/mol. The largest absolute Gasteiger partial charge is 0.252 e. The van der Waals surface area contributed by atoms with Gasteiger partial charge in [0.25, 0.3) is 0 Å². The van der Waals surface area contributed by atoms with Crippen LogP contribution in [0.4, 0.5) is 5.69 Å². The number of para-hydroxylation sites is 1. The zero-order valence-corrected chi connectivity index (χ0v) is 30.9. The van der Waals surface area contributed by atoms with Gasteiger partial charge in [0.1, 0.15) is 0 Å². The lowest BCUT2D eigenvalue weighted by Gasteiger charge is -2.26. The molecule has 6 aromatic carbocycles. The standard InChI is InChI=1S/C52H38N4/c1-2-10-28-46-41(20-5-1)33-45-50(54-47-29-12-11-27-44(47)51(45)53-46)42-25-15-26-43(32-42)52-55-48(39-23-13-21-37(30-39)35-16-6-3-7-17-35)34-49(56-52)40-24-14-22-38(31-40)36-18-8-4-9-19-36/h1-4,6-19,21-32,34,41H,5,20,33H2/t41-/m0/s1. The number of aromatic nitrogens is 3. The van der Waals surface area contributed by atoms with Gasteiger partial charge in [-0.15, -0.1) is 0 Å². The van der Waals surface area contributed by atoms with E-state index < -0.39 is 0 Å². The molecule has 3 heterocycles. The first-order valence-corrected chi connectivity index (χ1v) is 19.4. The number of benzene rings is 6. The molecule has 0 saturated carbocycles. The summed E-state index contributed by atoms with van der Waals surface area (Å²) in [4.78, 5) is 21.3. The maximum Gasteiger partial charge on any atom is 0.160 e. The Labute approximate surface area is 327 Å². The van der Waals surface area contributed by atoms with Gasteiger partial charge in [0.15, 0.2) is 5.82 Å². The van der Waals surface area contributed by atoms with Gasteiger partial charge >= 0.3 is 0 Å². The third-order valence-electron chi connectivity index (χ3n) is 10.9. The Hall–Kier alpha value is -7.04. The summed E-state index contributed by atoms with van der Waals surface area (Å²) in [5.74, 6) is 1.01. The van der Waals surface area contributed by atoms with Crippen LogP contribution in [0.1, 0.15) is 18.4 Å². The van der Waals surface area contributed by atoms with Crippen LogP contribution in [0.5, 0.6) is 0 Å². The number of aliphatic imine (C=N–C) groups is 1. The lowest BCUT2D eigenvalue weighted by Crippen LogP contribution is -2.20. The number of rotatable bonds is 6. The number of hydrogen-bond donors (Lipinski definition) is 0. The SMILES string of the molecule is C1=CCC[C@H]2Cc3c(-c4cccc(-c5nc(-c6cccc(-c7ccccc7)c6)cc(-c6cccc(-c7ccccc7)c6)n5)c4)nc4ccccc4c3N=C2C=C1. The second-order valence-corrected chi connectivity index (χ2v) is 14.5. The van der Waals surface area contributed by atoms with Crippen LogP contribution in [-0.4, -0.2) is 20.7 Å². The molecule has 0 saturated heterocycles. The molecule has 0 bridgehead atoms. The maximum atomic E-state index is 5.34. The van der Waals surface area contributed by atoms with Crippen molar-refractivity contribution in [1.82, 2.24) is 15.0 Å². The molecule has 4 nitrogen and oxygen atoms in total. The normalized spacial score (nSPS) is 14.7. The Bertz CT molecular complexity index is 2730. The van der Waals surface area contributed by atoms with E-state index in [1.807, 2.05) is 0 Å². The highest BCUT2D eigenvalue weighted by Crippen LogP contribution is 2.42. The van der Waals surface area contributed by atoms with Gasteiger partial charge in [-0.2, -0.15) is 0 Å². The van der Waals surface area contributed by atoms with E-state index in [9.17, 15) is 0 Å². The predicted molar refractivity (Wildman–Crippen MR) is 232 cm³/mol. The Morgan fingerprint density at radius 3 is 1.73 bits per heavy atom. The average Bonchev–Trinajstić information content (AvgIpc) is 3.26. The van der Waals surface area contributed by atoms with Crippen molar-refractivity contribution in [2.75, 3.05) is 0 Å². The molecule has 0 N–H and O–H groups in total. The highest BCUT2D eigenvalue weighted by molar-refractivity contribution is 6.06. The summed E-state index contributed by atoms with van der Waals surface area (Å²) in [6, 6.07) is 57.4. The molecular formula is C52H38N4. The first-order chi connectivity index (χ1) is 27.7. The molecule has 2 aliphatic rings. The van der Waals surface area contributed by atoms with Crippen LogP contribution in [0.3, 0.4) is 0 Å². The van der Waals surface area contributed by atoms with E-state index in [-0.39, 0.29) is 0 Å². The molecule has 8 aromatic rings. The van der Waals surface area contributed by atoms with Crippen molar-refractivity contribution in [1.29, 1.82) is 0 Å². The molecule has 2 aromatic heterocycles. The minimum Gasteiger partial charge on any atom is -0.252 e. The van der Waals surface area contributed by atoms with E-state index in [1.54, 1.807) is 0 Å². The number of hydrogen-bond acceptors (Lipinski definition) is 4. The predicted octanol–water partition coefficient (Wildman–Crippen LogP) is 13.2. The van der Waals surface area contributed by atoms with Gasteiger partial charge in [0.05, 0.1) is 28.3 Å². The smallest absolute Gasteiger partial charge is 0.160 e. The van der Waals surface area contributed by atoms with Crippen molar-refractivity contribution in [2.24, 2.45) is 10.9 Å². The highest BCUT2D eigenvalue weighted by atomic mass is 14.9. The molecule has 10 rings (SSSR count). The van der Waals surface area contributed by atoms with Gasteiger partial charge in [-0.3, -0.25) is 4.99 Å². The molecule has 1 aliphatic carbocycles. The third kappa shape index (κ3) is 6.56. The average molecular weight is 719 g/mol. The van der Waals surface area contributed by atoms with Crippen molar-refractivity contribution in [2.45, 2.75) is 19.3 Å². The van der Waals surface area contributed by atoms with Gasteiger partial charge in [-0.1, -0.05) is 152 Å². The van der Waals surface area contributed by atoms with Crippen LogP contribution in [0.2, 0.25) is 0 Å². The second kappa shape index (κ2) is 14.7. The number of nitrogens with zero attached hydrogens (tertiary/aromatic N) is 4.